The second-order valence-electron chi connectivity index (χ2n) is 15.8. The molecule has 17 heteroatoms. The zero-order valence-electron chi connectivity index (χ0n) is 33.7. The maximum Gasteiger partial charge on any atom is 0.348 e. The smallest absolute Gasteiger partial charge is 0.348 e. The van der Waals surface area contributed by atoms with E-state index in [-0.39, 0.29) is 18.5 Å². The third-order valence-electron chi connectivity index (χ3n) is 12.5. The van der Waals surface area contributed by atoms with E-state index < -0.39 is 131 Å². The van der Waals surface area contributed by atoms with Crippen LogP contribution in [-0.4, -0.2) is 103 Å². The highest BCUT2D eigenvalue weighted by molar-refractivity contribution is 5.96. The molecule has 1 saturated heterocycles. The number of esters is 6. The van der Waals surface area contributed by atoms with E-state index >= 15 is 0 Å². The van der Waals surface area contributed by atoms with E-state index in [9.17, 15) is 43.5 Å². The summed E-state index contributed by atoms with van der Waals surface area (Å²) < 4.78 is 45.2. The van der Waals surface area contributed by atoms with Crippen LogP contribution in [0.4, 0.5) is 0 Å². The Kier molecular flexibility index (Phi) is 13.2. The van der Waals surface area contributed by atoms with E-state index in [1.54, 1.807) is 19.9 Å². The molecular formula is C40H52O17. The molecule has 5 unspecified atom stereocenters. The van der Waals surface area contributed by atoms with Gasteiger partial charge >= 0.3 is 35.8 Å². The second kappa shape index (κ2) is 16.8. The molecule has 0 radical (unpaired) electrons. The number of rotatable bonds is 14. The first kappa shape index (κ1) is 44.7. The maximum absolute atomic E-state index is 14.5. The van der Waals surface area contributed by atoms with Crippen LogP contribution >= 0.6 is 0 Å². The van der Waals surface area contributed by atoms with Crippen LogP contribution in [-0.2, 0) is 71.5 Å². The third-order valence-corrected chi connectivity index (χ3v) is 12.5. The molecule has 0 spiro atoms. The Morgan fingerprint density at radius 2 is 1.70 bits per heavy atom. The first-order valence-electron chi connectivity index (χ1n) is 18.6. The molecule has 2 saturated carbocycles. The topological polar surface area (TPSA) is 235 Å². The number of hydrogen-bond donors (Lipinski definition) is 1. The van der Waals surface area contributed by atoms with Crippen molar-refractivity contribution in [2.24, 2.45) is 28.6 Å². The van der Waals surface area contributed by atoms with Gasteiger partial charge in [0.1, 0.15) is 30.5 Å². The number of ether oxygens (including phenoxy) is 7. The van der Waals surface area contributed by atoms with E-state index in [1.807, 2.05) is 0 Å². The summed E-state index contributed by atoms with van der Waals surface area (Å²) in [6.45, 7) is 14.6. The minimum atomic E-state index is -2.64. The van der Waals surface area contributed by atoms with Crippen LogP contribution in [0.25, 0.3) is 0 Å². The molecule has 3 fully saturated rings. The third kappa shape index (κ3) is 7.82. The quantitative estimate of drug-likeness (QED) is 0.123. The summed E-state index contributed by atoms with van der Waals surface area (Å²) in [7, 11) is 1.10. The number of hydrogen-bond acceptors (Lipinski definition) is 17. The van der Waals surface area contributed by atoms with E-state index in [2.05, 4.69) is 6.58 Å². The molecule has 1 aliphatic heterocycles. The van der Waals surface area contributed by atoms with E-state index in [1.165, 1.54) is 33.3 Å². The van der Waals surface area contributed by atoms with Gasteiger partial charge in [-0.25, -0.2) is 4.79 Å². The minimum absolute atomic E-state index is 0.0529. The standard InChI is InChI=1S/C40H52O17/c1-11-20(2)33(55-24(6)44)36(48)56-35-34(53-19-41)32(21(3)40(49)28(45)14-26(39(35,40)9)25-12-13-51-17-25)38(8)27(15-30(46)50-10)37(7,18-52-22(4)42)57-31(47)16-29(38)54-23(5)43/h12-13,17,19-20,26-27,29,32-35,49H,3,11,14-16,18H2,1-2,4-10H3/t20?,26-,27?,29-,32?,33?,34+,35-,37+,38+,39+,40?/m0/s1. The summed E-state index contributed by atoms with van der Waals surface area (Å²) in [5, 5.41) is 13.1. The van der Waals surface area contributed by atoms with Crippen LogP contribution in [0.15, 0.2) is 35.2 Å². The van der Waals surface area contributed by atoms with Crippen molar-refractivity contribution in [2.75, 3.05) is 13.7 Å². The molecule has 0 amide bonds. The lowest BCUT2D eigenvalue weighted by molar-refractivity contribution is -0.240. The predicted octanol–water partition coefficient (Wildman–Crippen LogP) is 3.08. The Bertz CT molecular complexity index is 1770. The number of methoxy groups -OCH3 is 1. The van der Waals surface area contributed by atoms with Gasteiger partial charge in [0.25, 0.3) is 6.47 Å². The highest BCUT2D eigenvalue weighted by Crippen LogP contribution is 2.68. The van der Waals surface area contributed by atoms with Gasteiger partial charge in [-0.05, 0) is 30.5 Å². The van der Waals surface area contributed by atoms with Crippen LogP contribution in [0, 0.1) is 28.6 Å². The molecule has 2 aliphatic carbocycles. The molecule has 2 heterocycles. The Hall–Kier alpha value is -5.06. The zero-order chi connectivity index (χ0) is 42.8. The van der Waals surface area contributed by atoms with Gasteiger partial charge in [-0.2, -0.15) is 0 Å². The molecule has 17 nitrogen and oxygen atoms in total. The summed E-state index contributed by atoms with van der Waals surface area (Å²) in [5.41, 5.74) is -8.33. The molecule has 4 rings (SSSR count). The fourth-order valence-electron chi connectivity index (χ4n) is 9.49. The summed E-state index contributed by atoms with van der Waals surface area (Å²) >= 11 is 0. The molecule has 1 aromatic heterocycles. The van der Waals surface area contributed by atoms with Crippen LogP contribution in [0.3, 0.4) is 0 Å². The van der Waals surface area contributed by atoms with Crippen molar-refractivity contribution in [2.45, 2.75) is 123 Å². The van der Waals surface area contributed by atoms with Gasteiger partial charge in [0.05, 0.1) is 37.9 Å². The maximum atomic E-state index is 14.5. The van der Waals surface area contributed by atoms with E-state index in [0.29, 0.717) is 12.0 Å². The average Bonchev–Trinajstić information content (AvgIpc) is 3.73. The van der Waals surface area contributed by atoms with Gasteiger partial charge in [-0.1, -0.05) is 34.3 Å². The molecule has 0 bridgehead atoms. The monoisotopic (exact) mass is 804 g/mol. The van der Waals surface area contributed by atoms with Gasteiger partial charge in [-0.15, -0.1) is 0 Å². The van der Waals surface area contributed by atoms with E-state index in [0.717, 1.165) is 27.9 Å². The van der Waals surface area contributed by atoms with Gasteiger partial charge in [-0.3, -0.25) is 33.6 Å². The Balaban J connectivity index is 2.14. The highest BCUT2D eigenvalue weighted by atomic mass is 16.6. The predicted molar refractivity (Wildman–Crippen MR) is 192 cm³/mol. The number of Topliss-reactive ketones (excluding diaryl/α,β-unsaturated/α-hetero) is 1. The second-order valence-corrected chi connectivity index (χ2v) is 15.8. The van der Waals surface area contributed by atoms with Crippen molar-refractivity contribution in [3.8, 4) is 0 Å². The number of cyclic esters (lactones) is 1. The summed E-state index contributed by atoms with van der Waals surface area (Å²) in [4.78, 5) is 106. The minimum Gasteiger partial charge on any atom is -0.472 e. The number of carbonyl (C=O) groups is 8. The highest BCUT2D eigenvalue weighted by Gasteiger charge is 2.77. The number of ketones is 1. The molecule has 12 atom stereocenters. The van der Waals surface area contributed by atoms with E-state index in [4.69, 9.17) is 37.6 Å². The summed E-state index contributed by atoms with van der Waals surface area (Å²) in [5.74, 6) is -10.8. The number of fused-ring (bicyclic) bond motifs is 1. The number of carbonyl (C=O) groups excluding carboxylic acids is 8. The molecule has 57 heavy (non-hydrogen) atoms. The molecule has 3 aliphatic rings. The Labute approximate surface area is 330 Å². The first-order valence-corrected chi connectivity index (χ1v) is 18.6. The lowest BCUT2D eigenvalue weighted by atomic mass is 9.46. The fourth-order valence-corrected chi connectivity index (χ4v) is 9.49. The number of aliphatic hydroxyl groups is 1. The van der Waals surface area contributed by atoms with Crippen molar-refractivity contribution < 1.29 is 81.0 Å². The first-order chi connectivity index (χ1) is 26.6. The van der Waals surface area contributed by atoms with Crippen molar-refractivity contribution >= 4 is 48.1 Å². The van der Waals surface area contributed by atoms with Crippen molar-refractivity contribution in [3.05, 3.63) is 36.3 Å². The van der Waals surface area contributed by atoms with Crippen LogP contribution < -0.4 is 0 Å². The van der Waals surface area contributed by atoms with Crippen molar-refractivity contribution in [1.82, 2.24) is 0 Å². The van der Waals surface area contributed by atoms with Gasteiger partial charge in [0, 0.05) is 56.3 Å². The summed E-state index contributed by atoms with van der Waals surface area (Å²) in [6.07, 6.45) is -5.26. The lowest BCUT2D eigenvalue weighted by Crippen LogP contribution is -2.72. The SMILES string of the molecule is C=C1C([C@]2(C)C(CC(=O)OC)[C@@](C)(COC(C)=O)OC(=O)C[C@@H]2OC(C)=O)[C@@H](OC=O)[C@H](OC(=O)C(OC(C)=O)C(C)CC)[C@@]2(C)[C@H](c3ccoc3)CC(=O)C12O. The van der Waals surface area contributed by atoms with Crippen molar-refractivity contribution in [3.63, 3.8) is 0 Å². The van der Waals surface area contributed by atoms with Gasteiger partial charge in [0.2, 0.25) is 6.10 Å². The summed E-state index contributed by atoms with van der Waals surface area (Å²) in [6, 6.07) is 1.55. The molecule has 1 N–H and O–H groups in total. The van der Waals surface area contributed by atoms with Crippen LogP contribution in [0.1, 0.15) is 92.6 Å². The van der Waals surface area contributed by atoms with Crippen LogP contribution in [0.5, 0.6) is 0 Å². The lowest BCUT2D eigenvalue weighted by Gasteiger charge is -2.61. The van der Waals surface area contributed by atoms with Gasteiger partial charge < -0.3 is 42.7 Å². The molecular weight excluding hydrogens is 752 g/mol. The van der Waals surface area contributed by atoms with Crippen LogP contribution in [0.2, 0.25) is 0 Å². The fraction of sp³-hybridized carbons (Fsp3) is 0.650. The number of furan rings is 1. The van der Waals surface area contributed by atoms with Crippen molar-refractivity contribution in [1.29, 1.82) is 0 Å². The largest absolute Gasteiger partial charge is 0.472 e. The zero-order valence-corrected chi connectivity index (χ0v) is 33.7. The average molecular weight is 805 g/mol. The van der Waals surface area contributed by atoms with Gasteiger partial charge in [0.15, 0.2) is 11.4 Å². The molecule has 314 valence electrons. The normalized spacial score (nSPS) is 34.7. The Morgan fingerprint density at radius 3 is 2.23 bits per heavy atom. The molecule has 0 aromatic carbocycles. The molecule has 1 aromatic rings. The Morgan fingerprint density at radius 1 is 1.04 bits per heavy atom.